The van der Waals surface area contributed by atoms with Crippen LogP contribution in [-0.4, -0.2) is 34.7 Å². The predicted molar refractivity (Wildman–Crippen MR) is 99.1 cm³/mol. The van der Waals surface area contributed by atoms with E-state index >= 15 is 0 Å². The maximum atomic E-state index is 13.3. The molecule has 0 bridgehead atoms. The Balaban J connectivity index is 1.75. The number of rotatable bonds is 3. The molecule has 4 aromatic rings. The first-order valence-electron chi connectivity index (χ1n) is 7.93. The third kappa shape index (κ3) is 2.81. The van der Waals surface area contributed by atoms with Crippen LogP contribution in [0.25, 0.3) is 16.9 Å². The number of carbonyl (C=O) groups is 1. The van der Waals surface area contributed by atoms with Gasteiger partial charge in [-0.05, 0) is 31.4 Å². The Labute approximate surface area is 156 Å². The lowest BCUT2D eigenvalue weighted by molar-refractivity contribution is 0.102. The molecule has 0 aromatic carbocycles. The fraction of sp³-hybridized carbons (Fsp3) is 0.188. The average Bonchev–Trinajstić information content (AvgIpc) is 3.21. The van der Waals surface area contributed by atoms with Crippen molar-refractivity contribution >= 4 is 33.9 Å². The summed E-state index contributed by atoms with van der Waals surface area (Å²) >= 11 is 1.16. The molecule has 0 saturated carbocycles. The van der Waals surface area contributed by atoms with E-state index in [-0.39, 0.29) is 17.0 Å². The Hall–Kier alpha value is -3.34. The molecule has 9 nitrogen and oxygen atoms in total. The first kappa shape index (κ1) is 17.1. The second-order valence-electron chi connectivity index (χ2n) is 6.02. The number of nitrogens with two attached hydrogens (primary N) is 1. The van der Waals surface area contributed by atoms with E-state index in [0.29, 0.717) is 5.00 Å². The van der Waals surface area contributed by atoms with Crippen LogP contribution in [-0.2, 0) is 7.05 Å². The Bertz CT molecular complexity index is 1190. The van der Waals surface area contributed by atoms with Gasteiger partial charge in [-0.25, -0.2) is 13.9 Å². The smallest absolute Gasteiger partial charge is 0.264 e. The van der Waals surface area contributed by atoms with Crippen molar-refractivity contribution in [3.05, 3.63) is 41.2 Å². The van der Waals surface area contributed by atoms with Gasteiger partial charge in [0.1, 0.15) is 10.6 Å². The standard InChI is InChI=1S/C16H15FN8OS/c1-7-4-10(24(3)21-7)11-8(2)23-27-16(11)20-15(26)12-13(18)22-25-6-9(17)5-19-14(12)25/h4-6H,1-3H3,(H2,18,22)(H,20,26). The minimum atomic E-state index is -0.580. The molecule has 0 unspecified atom stereocenters. The van der Waals surface area contributed by atoms with Gasteiger partial charge in [-0.15, -0.1) is 5.10 Å². The quantitative estimate of drug-likeness (QED) is 0.557. The molecule has 0 aliphatic rings. The fourth-order valence-corrected chi connectivity index (χ4v) is 3.72. The minimum absolute atomic E-state index is 0.0373. The molecule has 0 aliphatic carbocycles. The van der Waals surface area contributed by atoms with Gasteiger partial charge >= 0.3 is 0 Å². The van der Waals surface area contributed by atoms with Gasteiger partial charge < -0.3 is 11.1 Å². The number of nitrogen functional groups attached to an aromatic ring is 1. The van der Waals surface area contributed by atoms with Gasteiger partial charge in [0.2, 0.25) is 0 Å². The number of amides is 1. The zero-order valence-electron chi connectivity index (χ0n) is 14.7. The summed E-state index contributed by atoms with van der Waals surface area (Å²) in [6.07, 6.45) is 2.12. The molecular weight excluding hydrogens is 371 g/mol. The van der Waals surface area contributed by atoms with Gasteiger partial charge in [0.05, 0.1) is 35.0 Å². The predicted octanol–water partition coefficient (Wildman–Crippen LogP) is 2.18. The third-order valence-corrected chi connectivity index (χ3v) is 4.90. The van der Waals surface area contributed by atoms with Crippen LogP contribution in [0.2, 0.25) is 0 Å². The van der Waals surface area contributed by atoms with E-state index in [2.05, 4.69) is 24.9 Å². The van der Waals surface area contributed by atoms with Gasteiger partial charge in [0.15, 0.2) is 17.3 Å². The van der Waals surface area contributed by atoms with Gasteiger partial charge in [-0.2, -0.15) is 9.47 Å². The number of hydrogen-bond acceptors (Lipinski definition) is 7. The highest BCUT2D eigenvalue weighted by Gasteiger charge is 2.23. The number of halogens is 1. The zero-order chi connectivity index (χ0) is 19.3. The Kier molecular flexibility index (Phi) is 3.88. The summed E-state index contributed by atoms with van der Waals surface area (Å²) in [7, 11) is 1.83. The first-order valence-corrected chi connectivity index (χ1v) is 8.70. The summed E-state index contributed by atoms with van der Waals surface area (Å²) in [4.78, 5) is 16.8. The summed E-state index contributed by atoms with van der Waals surface area (Å²) < 4.78 is 20.5. The number of anilines is 2. The molecular formula is C16H15FN8OS. The number of aromatic nitrogens is 6. The molecule has 4 aromatic heterocycles. The highest BCUT2D eigenvalue weighted by atomic mass is 32.1. The van der Waals surface area contributed by atoms with Crippen LogP contribution >= 0.6 is 11.5 Å². The lowest BCUT2D eigenvalue weighted by Gasteiger charge is -2.06. The molecule has 0 spiro atoms. The molecule has 4 heterocycles. The molecule has 0 radical (unpaired) electrons. The Morgan fingerprint density at radius 3 is 2.81 bits per heavy atom. The summed E-state index contributed by atoms with van der Waals surface area (Å²) in [6, 6.07) is 1.92. The monoisotopic (exact) mass is 386 g/mol. The van der Waals surface area contributed by atoms with Crippen LogP contribution < -0.4 is 11.1 Å². The SMILES string of the molecule is Cc1cc(-c2c(C)nsc2NC(=O)c2c(N)nn3cc(F)cnc23)n(C)n1. The molecule has 0 saturated heterocycles. The molecule has 11 heteroatoms. The van der Waals surface area contributed by atoms with Crippen molar-refractivity contribution in [2.45, 2.75) is 13.8 Å². The number of hydrogen-bond donors (Lipinski definition) is 2. The third-order valence-electron chi connectivity index (χ3n) is 4.04. The average molecular weight is 386 g/mol. The number of nitrogens with one attached hydrogen (secondary N) is 1. The van der Waals surface area contributed by atoms with E-state index in [9.17, 15) is 9.18 Å². The highest BCUT2D eigenvalue weighted by molar-refractivity contribution is 7.11. The van der Waals surface area contributed by atoms with Crippen molar-refractivity contribution in [2.75, 3.05) is 11.1 Å². The summed E-state index contributed by atoms with van der Waals surface area (Å²) in [5.41, 5.74) is 9.35. The van der Waals surface area contributed by atoms with Crippen molar-refractivity contribution < 1.29 is 9.18 Å². The summed E-state index contributed by atoms with van der Waals surface area (Å²) in [5, 5.41) is 11.7. The molecule has 0 atom stereocenters. The number of nitrogens with zero attached hydrogens (tertiary/aromatic N) is 6. The van der Waals surface area contributed by atoms with Gasteiger partial charge in [-0.3, -0.25) is 9.48 Å². The summed E-state index contributed by atoms with van der Waals surface area (Å²) in [5.74, 6) is -1.11. The van der Waals surface area contributed by atoms with E-state index in [4.69, 9.17) is 5.73 Å². The minimum Gasteiger partial charge on any atom is -0.381 e. The van der Waals surface area contributed by atoms with Crippen LogP contribution in [0.4, 0.5) is 15.2 Å². The highest BCUT2D eigenvalue weighted by Crippen LogP contribution is 2.35. The van der Waals surface area contributed by atoms with E-state index in [1.807, 2.05) is 27.0 Å². The molecule has 0 fully saturated rings. The zero-order valence-corrected chi connectivity index (χ0v) is 15.5. The second kappa shape index (κ2) is 6.13. The molecule has 3 N–H and O–H groups in total. The lowest BCUT2D eigenvalue weighted by atomic mass is 10.1. The van der Waals surface area contributed by atoms with Crippen LogP contribution in [0.15, 0.2) is 18.5 Å². The normalized spacial score (nSPS) is 11.3. The first-order chi connectivity index (χ1) is 12.8. The number of aryl methyl sites for hydroxylation is 3. The van der Waals surface area contributed by atoms with Gasteiger partial charge in [-0.1, -0.05) is 0 Å². The van der Waals surface area contributed by atoms with Crippen LogP contribution in [0.3, 0.4) is 0 Å². The van der Waals surface area contributed by atoms with Crippen molar-refractivity contribution in [1.82, 2.24) is 28.8 Å². The summed E-state index contributed by atoms with van der Waals surface area (Å²) in [6.45, 7) is 3.75. The van der Waals surface area contributed by atoms with Gasteiger partial charge in [0, 0.05) is 7.05 Å². The van der Waals surface area contributed by atoms with Crippen molar-refractivity contribution in [2.24, 2.45) is 7.05 Å². The number of carbonyl (C=O) groups excluding carboxylic acids is 1. The maximum Gasteiger partial charge on any atom is 0.264 e. The van der Waals surface area contributed by atoms with Crippen LogP contribution in [0.5, 0.6) is 0 Å². The topological polar surface area (TPSA) is 116 Å². The second-order valence-corrected chi connectivity index (χ2v) is 6.79. The Morgan fingerprint density at radius 1 is 1.33 bits per heavy atom. The molecule has 0 aliphatic heterocycles. The molecule has 1 amide bonds. The Morgan fingerprint density at radius 2 is 2.11 bits per heavy atom. The van der Waals surface area contributed by atoms with E-state index < -0.39 is 11.7 Å². The van der Waals surface area contributed by atoms with E-state index in [0.717, 1.165) is 51.1 Å². The number of fused-ring (bicyclic) bond motifs is 1. The molecule has 4 rings (SSSR count). The largest absolute Gasteiger partial charge is 0.381 e. The van der Waals surface area contributed by atoms with Gasteiger partial charge in [0.25, 0.3) is 5.91 Å². The van der Waals surface area contributed by atoms with Crippen molar-refractivity contribution in [1.29, 1.82) is 0 Å². The van der Waals surface area contributed by atoms with E-state index in [1.54, 1.807) is 4.68 Å². The van der Waals surface area contributed by atoms with Crippen LogP contribution in [0.1, 0.15) is 21.7 Å². The maximum absolute atomic E-state index is 13.3. The molecule has 138 valence electrons. The van der Waals surface area contributed by atoms with E-state index in [1.165, 1.54) is 0 Å². The lowest BCUT2D eigenvalue weighted by Crippen LogP contribution is -2.14. The van der Waals surface area contributed by atoms with Crippen molar-refractivity contribution in [3.63, 3.8) is 0 Å². The van der Waals surface area contributed by atoms with Crippen molar-refractivity contribution in [3.8, 4) is 11.3 Å². The fourth-order valence-electron chi connectivity index (χ4n) is 2.91. The molecule has 27 heavy (non-hydrogen) atoms. The van der Waals surface area contributed by atoms with Crippen LogP contribution in [0, 0.1) is 19.7 Å².